The molecule has 21 heavy (non-hydrogen) atoms. The number of carbonyl (C=O) groups excluding carboxylic acids is 1. The number of nitriles is 1. The van der Waals surface area contributed by atoms with E-state index in [4.69, 9.17) is 5.73 Å². The summed E-state index contributed by atoms with van der Waals surface area (Å²) in [5.74, 6) is -0.199. The van der Waals surface area contributed by atoms with E-state index in [0.717, 1.165) is 37.6 Å². The fourth-order valence-electron chi connectivity index (χ4n) is 2.42. The number of anilines is 2. The highest BCUT2D eigenvalue weighted by molar-refractivity contribution is 7.19. The molecule has 1 saturated heterocycles. The van der Waals surface area contributed by atoms with Crippen molar-refractivity contribution in [1.82, 2.24) is 10.2 Å². The second-order valence-electron chi connectivity index (χ2n) is 5.14. The number of rotatable bonds is 3. The third-order valence-corrected chi connectivity index (χ3v) is 4.85. The smallest absolute Gasteiger partial charge is 0.263 e. The number of carbonyl (C=O) groups is 1. The van der Waals surface area contributed by atoms with Crippen LogP contribution in [0.15, 0.2) is 0 Å². The lowest BCUT2D eigenvalue weighted by molar-refractivity contribution is 0.0960. The van der Waals surface area contributed by atoms with Crippen LogP contribution in [0.4, 0.5) is 10.7 Å². The summed E-state index contributed by atoms with van der Waals surface area (Å²) in [4.78, 5) is 16.9. The first-order chi connectivity index (χ1) is 10.1. The SMILES string of the molecule is CCNC(=O)c1sc(N2CCCN(C)CC2)c(C#N)c1N. The summed E-state index contributed by atoms with van der Waals surface area (Å²) in [7, 11) is 2.09. The quantitative estimate of drug-likeness (QED) is 0.873. The molecular formula is C14H21N5OS. The number of nitrogens with zero attached hydrogens (tertiary/aromatic N) is 3. The van der Waals surface area contributed by atoms with Crippen LogP contribution in [0.3, 0.4) is 0 Å². The molecule has 0 bridgehead atoms. The Bertz CT molecular complexity index is 562. The molecule has 0 unspecified atom stereocenters. The van der Waals surface area contributed by atoms with Crippen LogP contribution < -0.4 is 16.0 Å². The summed E-state index contributed by atoms with van der Waals surface area (Å²) in [6, 6.07) is 2.16. The number of nitrogens with two attached hydrogens (primary N) is 1. The summed E-state index contributed by atoms with van der Waals surface area (Å²) in [6.45, 7) is 6.12. The van der Waals surface area contributed by atoms with Crippen molar-refractivity contribution in [3.63, 3.8) is 0 Å². The molecule has 1 aliphatic rings. The van der Waals surface area contributed by atoms with Gasteiger partial charge >= 0.3 is 0 Å². The molecule has 6 nitrogen and oxygen atoms in total. The predicted octanol–water partition coefficient (Wildman–Crippen LogP) is 1.09. The van der Waals surface area contributed by atoms with Gasteiger partial charge in [-0.25, -0.2) is 0 Å². The van der Waals surface area contributed by atoms with Gasteiger partial charge in [-0.1, -0.05) is 0 Å². The zero-order chi connectivity index (χ0) is 15.4. The summed E-state index contributed by atoms with van der Waals surface area (Å²) in [5.41, 5.74) is 6.75. The van der Waals surface area contributed by atoms with Crippen LogP contribution in [0, 0.1) is 11.3 Å². The first kappa shape index (κ1) is 15.6. The zero-order valence-corrected chi connectivity index (χ0v) is 13.3. The first-order valence-corrected chi connectivity index (χ1v) is 7.94. The minimum absolute atomic E-state index is 0.199. The van der Waals surface area contributed by atoms with Crippen molar-refractivity contribution in [3.8, 4) is 6.07 Å². The predicted molar refractivity (Wildman–Crippen MR) is 85.8 cm³/mol. The molecule has 1 amide bonds. The Morgan fingerprint density at radius 2 is 2.19 bits per heavy atom. The summed E-state index contributed by atoms with van der Waals surface area (Å²) >= 11 is 1.32. The van der Waals surface area contributed by atoms with Gasteiger partial charge in [0.2, 0.25) is 0 Å². The van der Waals surface area contributed by atoms with Gasteiger partial charge < -0.3 is 20.9 Å². The Hall–Kier alpha value is -1.78. The highest BCUT2D eigenvalue weighted by Crippen LogP contribution is 2.38. The molecule has 0 aliphatic carbocycles. The molecule has 3 N–H and O–H groups in total. The van der Waals surface area contributed by atoms with Crippen LogP contribution in [0.5, 0.6) is 0 Å². The lowest BCUT2D eigenvalue weighted by atomic mass is 10.2. The van der Waals surface area contributed by atoms with Gasteiger partial charge in [-0.15, -0.1) is 11.3 Å². The Morgan fingerprint density at radius 1 is 1.43 bits per heavy atom. The number of hydrogen-bond donors (Lipinski definition) is 2. The van der Waals surface area contributed by atoms with Crippen LogP contribution in [0.2, 0.25) is 0 Å². The highest BCUT2D eigenvalue weighted by Gasteiger charge is 2.25. The molecule has 1 aromatic rings. The first-order valence-electron chi connectivity index (χ1n) is 7.12. The lowest BCUT2D eigenvalue weighted by Crippen LogP contribution is -2.28. The Labute approximate surface area is 129 Å². The summed E-state index contributed by atoms with van der Waals surface area (Å²) < 4.78 is 0. The number of likely N-dealkylation sites (N-methyl/N-ethyl adjacent to an activating group) is 1. The van der Waals surface area contributed by atoms with Crippen LogP contribution in [0.1, 0.15) is 28.6 Å². The van der Waals surface area contributed by atoms with Gasteiger partial charge in [0, 0.05) is 26.2 Å². The van der Waals surface area contributed by atoms with Crippen LogP contribution >= 0.6 is 11.3 Å². The molecule has 2 rings (SSSR count). The van der Waals surface area contributed by atoms with E-state index >= 15 is 0 Å². The highest BCUT2D eigenvalue weighted by atomic mass is 32.1. The number of amides is 1. The average Bonchev–Trinajstić information content (AvgIpc) is 2.63. The average molecular weight is 307 g/mol. The maximum absolute atomic E-state index is 12.0. The lowest BCUT2D eigenvalue weighted by Gasteiger charge is -2.21. The summed E-state index contributed by atoms with van der Waals surface area (Å²) in [5, 5.41) is 13.0. The summed E-state index contributed by atoms with van der Waals surface area (Å²) in [6.07, 6.45) is 1.04. The van der Waals surface area contributed by atoms with E-state index in [1.165, 1.54) is 11.3 Å². The normalized spacial score (nSPS) is 16.3. The second-order valence-corrected chi connectivity index (χ2v) is 6.14. The van der Waals surface area contributed by atoms with Crippen molar-refractivity contribution < 1.29 is 4.79 Å². The molecule has 0 atom stereocenters. The van der Waals surface area contributed by atoms with Crippen LogP contribution in [-0.2, 0) is 0 Å². The van der Waals surface area contributed by atoms with E-state index in [9.17, 15) is 10.1 Å². The topological polar surface area (TPSA) is 85.4 Å². The fourth-order valence-corrected chi connectivity index (χ4v) is 3.56. The van der Waals surface area contributed by atoms with E-state index in [1.807, 2.05) is 6.92 Å². The van der Waals surface area contributed by atoms with Crippen molar-refractivity contribution in [2.45, 2.75) is 13.3 Å². The molecule has 114 valence electrons. The maximum atomic E-state index is 12.0. The van der Waals surface area contributed by atoms with Gasteiger partial charge in [-0.3, -0.25) is 4.79 Å². The Morgan fingerprint density at radius 3 is 2.86 bits per heavy atom. The second kappa shape index (κ2) is 6.78. The van der Waals surface area contributed by atoms with E-state index in [1.54, 1.807) is 0 Å². The van der Waals surface area contributed by atoms with Crippen molar-refractivity contribution in [1.29, 1.82) is 5.26 Å². The fraction of sp³-hybridized carbons (Fsp3) is 0.571. The molecule has 7 heteroatoms. The minimum Gasteiger partial charge on any atom is -0.396 e. The van der Waals surface area contributed by atoms with E-state index in [-0.39, 0.29) is 5.91 Å². The zero-order valence-electron chi connectivity index (χ0n) is 12.5. The molecular weight excluding hydrogens is 286 g/mol. The molecule has 1 aliphatic heterocycles. The monoisotopic (exact) mass is 307 g/mol. The number of hydrogen-bond acceptors (Lipinski definition) is 6. The van der Waals surface area contributed by atoms with Crippen molar-refractivity contribution in [2.24, 2.45) is 0 Å². The van der Waals surface area contributed by atoms with Gasteiger partial charge in [-0.05, 0) is 26.9 Å². The maximum Gasteiger partial charge on any atom is 0.263 e. The molecule has 1 aromatic heterocycles. The molecule has 0 radical (unpaired) electrons. The third-order valence-electron chi connectivity index (χ3n) is 3.59. The van der Waals surface area contributed by atoms with Gasteiger partial charge in [0.15, 0.2) is 0 Å². The molecule has 2 heterocycles. The van der Waals surface area contributed by atoms with Crippen molar-refractivity contribution in [2.75, 3.05) is 50.4 Å². The molecule has 0 saturated carbocycles. The standard InChI is InChI=1S/C14H21N5OS/c1-3-17-13(20)12-11(16)10(9-15)14(21-12)19-6-4-5-18(2)7-8-19/h3-8,16H2,1-2H3,(H,17,20). The molecule has 1 fully saturated rings. The molecule has 0 aromatic carbocycles. The Kier molecular flexibility index (Phi) is 5.04. The van der Waals surface area contributed by atoms with Gasteiger partial charge in [0.05, 0.1) is 5.69 Å². The van der Waals surface area contributed by atoms with Gasteiger partial charge in [0.1, 0.15) is 21.5 Å². The van der Waals surface area contributed by atoms with E-state index < -0.39 is 0 Å². The van der Waals surface area contributed by atoms with Gasteiger partial charge in [-0.2, -0.15) is 5.26 Å². The number of nitrogens with one attached hydrogen (secondary N) is 1. The van der Waals surface area contributed by atoms with Crippen LogP contribution in [0.25, 0.3) is 0 Å². The third kappa shape index (κ3) is 3.28. The van der Waals surface area contributed by atoms with Crippen LogP contribution in [-0.4, -0.2) is 50.6 Å². The van der Waals surface area contributed by atoms with Gasteiger partial charge in [0.25, 0.3) is 5.91 Å². The van der Waals surface area contributed by atoms with Crippen molar-refractivity contribution in [3.05, 3.63) is 10.4 Å². The number of thiophene rings is 1. The number of nitrogen functional groups attached to an aromatic ring is 1. The van der Waals surface area contributed by atoms with E-state index in [2.05, 4.69) is 28.2 Å². The largest absolute Gasteiger partial charge is 0.396 e. The minimum atomic E-state index is -0.199. The van der Waals surface area contributed by atoms with E-state index in [0.29, 0.717) is 22.7 Å². The molecule has 0 spiro atoms. The Balaban J connectivity index is 2.33. The van der Waals surface area contributed by atoms with Crippen molar-refractivity contribution >= 4 is 27.9 Å².